The number of hydrogen-bond acceptors (Lipinski definition) is 1. The molecule has 0 amide bonds. The third-order valence-electron chi connectivity index (χ3n) is 2.67. The van der Waals surface area contributed by atoms with Crippen molar-refractivity contribution in [1.82, 2.24) is 5.32 Å². The summed E-state index contributed by atoms with van der Waals surface area (Å²) in [6.07, 6.45) is 0. The molecule has 0 aliphatic carbocycles. The van der Waals surface area contributed by atoms with E-state index in [-0.39, 0.29) is 5.54 Å². The maximum Gasteiger partial charge on any atom is 0.0561 e. The van der Waals surface area contributed by atoms with Crippen LogP contribution in [0.2, 0.25) is 0 Å². The van der Waals surface area contributed by atoms with Crippen molar-refractivity contribution in [2.45, 2.75) is 25.4 Å². The van der Waals surface area contributed by atoms with Crippen molar-refractivity contribution in [3.63, 3.8) is 0 Å². The summed E-state index contributed by atoms with van der Waals surface area (Å²) in [5.74, 6) is 0. The number of benzene rings is 1. The van der Waals surface area contributed by atoms with Gasteiger partial charge in [0.05, 0.1) is 5.54 Å². The number of nitrogens with one attached hydrogen (secondary N) is 1. The molecule has 11 heavy (non-hydrogen) atoms. The molecule has 1 saturated heterocycles. The zero-order valence-electron chi connectivity index (χ0n) is 6.96. The second-order valence-corrected chi connectivity index (χ2v) is 3.43. The van der Waals surface area contributed by atoms with Gasteiger partial charge in [0.25, 0.3) is 0 Å². The number of hydrogen-bond donors (Lipinski definition) is 1. The molecule has 1 fully saturated rings. The van der Waals surface area contributed by atoms with Crippen molar-refractivity contribution in [3.05, 3.63) is 35.9 Å². The van der Waals surface area contributed by atoms with E-state index in [0.717, 1.165) is 0 Å². The van der Waals surface area contributed by atoms with Crippen LogP contribution in [0.1, 0.15) is 19.4 Å². The van der Waals surface area contributed by atoms with Gasteiger partial charge in [-0.1, -0.05) is 30.3 Å². The summed E-state index contributed by atoms with van der Waals surface area (Å²) in [4.78, 5) is 0. The van der Waals surface area contributed by atoms with Gasteiger partial charge in [0.15, 0.2) is 0 Å². The molecule has 1 aromatic carbocycles. The molecule has 1 nitrogen and oxygen atoms in total. The molecule has 0 spiro atoms. The topological polar surface area (TPSA) is 21.9 Å². The molecule has 2 rings (SSSR count). The second-order valence-electron chi connectivity index (χ2n) is 3.43. The van der Waals surface area contributed by atoms with Crippen molar-refractivity contribution < 1.29 is 0 Å². The van der Waals surface area contributed by atoms with Gasteiger partial charge in [0.2, 0.25) is 0 Å². The Morgan fingerprint density at radius 1 is 1.27 bits per heavy atom. The van der Waals surface area contributed by atoms with E-state index in [1.807, 2.05) is 0 Å². The fraction of sp³-hybridized carbons (Fsp3) is 0.400. The van der Waals surface area contributed by atoms with E-state index in [0.29, 0.717) is 6.04 Å². The molecular weight excluding hydrogens is 134 g/mol. The van der Waals surface area contributed by atoms with E-state index >= 15 is 0 Å². The second kappa shape index (κ2) is 2.08. The molecule has 0 bridgehead atoms. The van der Waals surface area contributed by atoms with Gasteiger partial charge < -0.3 is 5.32 Å². The molecule has 2 atom stereocenters. The van der Waals surface area contributed by atoms with Crippen LogP contribution in [-0.4, -0.2) is 6.04 Å². The lowest BCUT2D eigenvalue weighted by molar-refractivity contribution is 0.735. The van der Waals surface area contributed by atoms with E-state index in [2.05, 4.69) is 49.5 Å². The van der Waals surface area contributed by atoms with Crippen LogP contribution in [0.4, 0.5) is 0 Å². The van der Waals surface area contributed by atoms with Gasteiger partial charge in [-0.25, -0.2) is 0 Å². The summed E-state index contributed by atoms with van der Waals surface area (Å²) in [7, 11) is 0. The van der Waals surface area contributed by atoms with Gasteiger partial charge in [-0.15, -0.1) is 0 Å². The lowest BCUT2D eigenvalue weighted by Gasteiger charge is -2.06. The van der Waals surface area contributed by atoms with Crippen molar-refractivity contribution >= 4 is 0 Å². The quantitative estimate of drug-likeness (QED) is 0.602. The SMILES string of the molecule is C[C@@H]1N[C@@]1(C)c1ccccc1. The molecule has 1 aliphatic heterocycles. The Labute approximate surface area is 67.4 Å². The zero-order valence-corrected chi connectivity index (χ0v) is 6.96. The highest BCUT2D eigenvalue weighted by molar-refractivity contribution is 5.32. The molecule has 1 heterocycles. The fourth-order valence-corrected chi connectivity index (χ4v) is 1.53. The summed E-state index contributed by atoms with van der Waals surface area (Å²) < 4.78 is 0. The van der Waals surface area contributed by atoms with Crippen LogP contribution >= 0.6 is 0 Å². The van der Waals surface area contributed by atoms with Gasteiger partial charge in [0, 0.05) is 6.04 Å². The van der Waals surface area contributed by atoms with E-state index in [9.17, 15) is 0 Å². The standard InChI is InChI=1S/C10H13N/c1-8-10(2,11-8)9-6-4-3-5-7-9/h3-8,11H,1-2H3/t8-,10+/m0/s1. The summed E-state index contributed by atoms with van der Waals surface area (Å²) in [6.45, 7) is 4.46. The van der Waals surface area contributed by atoms with E-state index in [1.54, 1.807) is 0 Å². The van der Waals surface area contributed by atoms with Crippen molar-refractivity contribution in [2.24, 2.45) is 0 Å². The van der Waals surface area contributed by atoms with Crippen molar-refractivity contribution in [1.29, 1.82) is 0 Å². The summed E-state index contributed by atoms with van der Waals surface area (Å²) >= 11 is 0. The van der Waals surface area contributed by atoms with Crippen LogP contribution in [0.25, 0.3) is 0 Å². The Morgan fingerprint density at radius 3 is 2.27 bits per heavy atom. The van der Waals surface area contributed by atoms with Crippen molar-refractivity contribution in [2.75, 3.05) is 0 Å². The third-order valence-corrected chi connectivity index (χ3v) is 2.67. The Kier molecular flexibility index (Phi) is 1.30. The van der Waals surface area contributed by atoms with Crippen LogP contribution in [0, 0.1) is 0 Å². The zero-order chi connectivity index (χ0) is 7.90. The molecular formula is C10H13N. The molecule has 0 unspecified atom stereocenters. The van der Waals surface area contributed by atoms with Gasteiger partial charge in [-0.2, -0.15) is 0 Å². The van der Waals surface area contributed by atoms with E-state index < -0.39 is 0 Å². The Hall–Kier alpha value is -0.820. The summed E-state index contributed by atoms with van der Waals surface area (Å²) in [6, 6.07) is 11.2. The average Bonchev–Trinajstić information content (AvgIpc) is 2.64. The summed E-state index contributed by atoms with van der Waals surface area (Å²) in [5.41, 5.74) is 1.65. The highest BCUT2D eigenvalue weighted by Crippen LogP contribution is 2.36. The normalized spacial score (nSPS) is 35.3. The van der Waals surface area contributed by atoms with Crippen LogP contribution in [-0.2, 0) is 5.54 Å². The van der Waals surface area contributed by atoms with Crippen LogP contribution in [0.3, 0.4) is 0 Å². The molecule has 0 saturated carbocycles. The molecule has 1 aliphatic rings. The Bertz CT molecular complexity index is 255. The van der Waals surface area contributed by atoms with E-state index in [4.69, 9.17) is 0 Å². The Morgan fingerprint density at radius 2 is 1.82 bits per heavy atom. The first-order chi connectivity index (χ1) is 5.23. The maximum atomic E-state index is 3.42. The first-order valence-electron chi connectivity index (χ1n) is 4.07. The van der Waals surface area contributed by atoms with Crippen LogP contribution < -0.4 is 5.32 Å². The molecule has 0 radical (unpaired) electrons. The minimum Gasteiger partial charge on any atom is -0.302 e. The first kappa shape index (κ1) is 6.86. The monoisotopic (exact) mass is 147 g/mol. The summed E-state index contributed by atoms with van der Waals surface area (Å²) in [5, 5.41) is 3.42. The third kappa shape index (κ3) is 0.962. The lowest BCUT2D eigenvalue weighted by Crippen LogP contribution is -2.07. The minimum absolute atomic E-state index is 0.251. The lowest BCUT2D eigenvalue weighted by atomic mass is 9.98. The van der Waals surface area contributed by atoms with Gasteiger partial charge in [-0.3, -0.25) is 0 Å². The first-order valence-corrected chi connectivity index (χ1v) is 4.07. The fourth-order valence-electron chi connectivity index (χ4n) is 1.53. The smallest absolute Gasteiger partial charge is 0.0561 e. The van der Waals surface area contributed by atoms with Gasteiger partial charge in [0.1, 0.15) is 0 Å². The minimum atomic E-state index is 0.251. The maximum absolute atomic E-state index is 3.42. The average molecular weight is 147 g/mol. The van der Waals surface area contributed by atoms with E-state index in [1.165, 1.54) is 5.56 Å². The van der Waals surface area contributed by atoms with Crippen molar-refractivity contribution in [3.8, 4) is 0 Å². The molecule has 1 aromatic rings. The largest absolute Gasteiger partial charge is 0.302 e. The number of rotatable bonds is 1. The highest BCUT2D eigenvalue weighted by Gasteiger charge is 2.46. The van der Waals surface area contributed by atoms with Gasteiger partial charge in [-0.05, 0) is 19.4 Å². The highest BCUT2D eigenvalue weighted by atomic mass is 15.2. The molecule has 1 N–H and O–H groups in total. The van der Waals surface area contributed by atoms with Crippen LogP contribution in [0.5, 0.6) is 0 Å². The predicted molar refractivity (Wildman–Crippen MR) is 46.4 cm³/mol. The van der Waals surface area contributed by atoms with Crippen LogP contribution in [0.15, 0.2) is 30.3 Å². The molecule has 0 aromatic heterocycles. The Balaban J connectivity index is 2.32. The predicted octanol–water partition coefficient (Wildman–Crippen LogP) is 1.89. The van der Waals surface area contributed by atoms with Gasteiger partial charge >= 0.3 is 0 Å². The molecule has 58 valence electrons. The molecule has 1 heteroatoms.